The molecule has 0 saturated carbocycles. The highest BCUT2D eigenvalue weighted by Crippen LogP contribution is 2.26. The molecule has 110 valence electrons. The molecule has 0 radical (unpaired) electrons. The van der Waals surface area contributed by atoms with Crippen molar-refractivity contribution in [3.8, 4) is 0 Å². The highest BCUT2D eigenvalue weighted by atomic mass is 32.2. The Labute approximate surface area is 116 Å². The lowest BCUT2D eigenvalue weighted by Gasteiger charge is -2.34. The zero-order chi connectivity index (χ0) is 14.7. The minimum absolute atomic E-state index is 0.132. The fourth-order valence-electron chi connectivity index (χ4n) is 1.90. The van der Waals surface area contributed by atoms with E-state index in [4.69, 9.17) is 0 Å². The zero-order valence-corrected chi connectivity index (χ0v) is 13.3. The van der Waals surface area contributed by atoms with Gasteiger partial charge in [-0.15, -0.1) is 0 Å². The highest BCUT2D eigenvalue weighted by Gasteiger charge is 2.27. The van der Waals surface area contributed by atoms with Crippen molar-refractivity contribution < 1.29 is 8.42 Å². The SMILES string of the molecule is CCNC(Cn1cc(S(C)(=O)=O)cn1)C(C)(C)CC. The molecule has 1 heterocycles. The number of likely N-dealkylation sites (N-methyl/N-ethyl adjacent to an activating group) is 1. The van der Waals surface area contributed by atoms with E-state index in [-0.39, 0.29) is 16.4 Å². The van der Waals surface area contributed by atoms with Gasteiger partial charge in [0.2, 0.25) is 0 Å². The minimum atomic E-state index is -3.17. The molecule has 6 heteroatoms. The molecule has 0 aliphatic carbocycles. The number of aromatic nitrogens is 2. The van der Waals surface area contributed by atoms with Gasteiger partial charge in [-0.25, -0.2) is 8.42 Å². The summed E-state index contributed by atoms with van der Waals surface area (Å²) >= 11 is 0. The molecular formula is C13H25N3O2S. The molecule has 1 rings (SSSR count). The molecule has 0 aromatic carbocycles. The molecule has 0 saturated heterocycles. The normalized spacial score (nSPS) is 14.6. The number of sulfone groups is 1. The summed E-state index contributed by atoms with van der Waals surface area (Å²) in [6.07, 6.45) is 5.26. The monoisotopic (exact) mass is 287 g/mol. The molecule has 1 aromatic rings. The maximum Gasteiger partial charge on any atom is 0.178 e. The molecule has 0 fully saturated rings. The molecule has 5 nitrogen and oxygen atoms in total. The molecule has 0 aliphatic rings. The van der Waals surface area contributed by atoms with Crippen LogP contribution < -0.4 is 5.32 Å². The zero-order valence-electron chi connectivity index (χ0n) is 12.5. The first-order valence-corrected chi connectivity index (χ1v) is 8.55. The Hall–Kier alpha value is -0.880. The van der Waals surface area contributed by atoms with Gasteiger partial charge < -0.3 is 5.32 Å². The summed E-state index contributed by atoms with van der Waals surface area (Å²) in [6, 6.07) is 0.259. The summed E-state index contributed by atoms with van der Waals surface area (Å²) in [7, 11) is -3.17. The maximum atomic E-state index is 11.4. The van der Waals surface area contributed by atoms with Crippen LogP contribution in [-0.4, -0.2) is 37.0 Å². The summed E-state index contributed by atoms with van der Waals surface area (Å²) in [6.45, 7) is 10.2. The topological polar surface area (TPSA) is 64.0 Å². The lowest BCUT2D eigenvalue weighted by atomic mass is 9.81. The lowest BCUT2D eigenvalue weighted by Crippen LogP contribution is -2.44. The van der Waals surface area contributed by atoms with Gasteiger partial charge in [0.05, 0.1) is 12.7 Å². The van der Waals surface area contributed by atoms with Crippen LogP contribution in [-0.2, 0) is 16.4 Å². The van der Waals surface area contributed by atoms with Crippen molar-refractivity contribution in [2.24, 2.45) is 5.41 Å². The average molecular weight is 287 g/mol. The Morgan fingerprint density at radius 3 is 2.47 bits per heavy atom. The molecule has 0 bridgehead atoms. The number of nitrogens with zero attached hydrogens (tertiary/aromatic N) is 2. The number of rotatable bonds is 7. The molecule has 0 spiro atoms. The van der Waals surface area contributed by atoms with Crippen molar-refractivity contribution in [1.82, 2.24) is 15.1 Å². The maximum absolute atomic E-state index is 11.4. The van der Waals surface area contributed by atoms with Crippen molar-refractivity contribution in [1.29, 1.82) is 0 Å². The highest BCUT2D eigenvalue weighted by molar-refractivity contribution is 7.90. The summed E-state index contributed by atoms with van der Waals surface area (Å²) in [4.78, 5) is 0.275. The van der Waals surface area contributed by atoms with Gasteiger partial charge in [-0.05, 0) is 18.4 Å². The largest absolute Gasteiger partial charge is 0.312 e. The van der Waals surface area contributed by atoms with Crippen LogP contribution in [0.5, 0.6) is 0 Å². The first kappa shape index (κ1) is 16.2. The second-order valence-electron chi connectivity index (χ2n) is 5.62. The smallest absolute Gasteiger partial charge is 0.178 e. The molecule has 1 N–H and O–H groups in total. The van der Waals surface area contributed by atoms with Crippen molar-refractivity contribution >= 4 is 9.84 Å². The van der Waals surface area contributed by atoms with E-state index in [9.17, 15) is 8.42 Å². The number of nitrogens with one attached hydrogen (secondary N) is 1. The van der Waals surface area contributed by atoms with Gasteiger partial charge >= 0.3 is 0 Å². The second kappa shape index (κ2) is 6.05. The predicted molar refractivity (Wildman–Crippen MR) is 76.9 cm³/mol. The summed E-state index contributed by atoms with van der Waals surface area (Å²) in [5.74, 6) is 0. The van der Waals surface area contributed by atoms with Gasteiger partial charge in [0.25, 0.3) is 0 Å². The van der Waals surface area contributed by atoms with Crippen LogP contribution >= 0.6 is 0 Å². The average Bonchev–Trinajstić information content (AvgIpc) is 2.77. The first-order chi connectivity index (χ1) is 8.70. The lowest BCUT2D eigenvalue weighted by molar-refractivity contribution is 0.207. The third kappa shape index (κ3) is 4.31. The Kier molecular flexibility index (Phi) is 5.15. The predicted octanol–water partition coefficient (Wildman–Crippen LogP) is 1.70. The quantitative estimate of drug-likeness (QED) is 0.829. The van der Waals surface area contributed by atoms with Gasteiger partial charge in [0, 0.05) is 18.5 Å². The molecule has 1 aromatic heterocycles. The fourth-order valence-corrected chi connectivity index (χ4v) is 2.46. The van der Waals surface area contributed by atoms with Crippen molar-refractivity contribution in [3.63, 3.8) is 0 Å². The third-order valence-electron chi connectivity index (χ3n) is 3.71. The summed E-state index contributed by atoms with van der Waals surface area (Å²) in [5, 5.41) is 7.61. The van der Waals surface area contributed by atoms with Crippen LogP contribution in [0.4, 0.5) is 0 Å². The molecule has 0 aliphatic heterocycles. The van der Waals surface area contributed by atoms with E-state index in [2.05, 4.69) is 38.1 Å². The van der Waals surface area contributed by atoms with Gasteiger partial charge in [-0.2, -0.15) is 5.10 Å². The molecule has 19 heavy (non-hydrogen) atoms. The van der Waals surface area contributed by atoms with E-state index in [0.717, 1.165) is 13.0 Å². The van der Waals surface area contributed by atoms with E-state index in [0.29, 0.717) is 6.54 Å². The van der Waals surface area contributed by atoms with Crippen LogP contribution in [0.25, 0.3) is 0 Å². The number of hydrogen-bond donors (Lipinski definition) is 1. The Balaban J connectivity index is 2.89. The van der Waals surface area contributed by atoms with Crippen LogP contribution in [0.1, 0.15) is 34.1 Å². The Bertz CT molecular complexity index is 506. The standard InChI is InChI=1S/C13H25N3O2S/c1-6-13(3,4)12(14-7-2)10-16-9-11(8-15-16)19(5,17)18/h8-9,12,14H,6-7,10H2,1-5H3. The van der Waals surface area contributed by atoms with E-state index in [1.54, 1.807) is 10.9 Å². The molecular weight excluding hydrogens is 262 g/mol. The van der Waals surface area contributed by atoms with Crippen LogP contribution in [0.2, 0.25) is 0 Å². The van der Waals surface area contributed by atoms with Gasteiger partial charge in [-0.3, -0.25) is 4.68 Å². The molecule has 1 atom stereocenters. The minimum Gasteiger partial charge on any atom is -0.312 e. The summed E-state index contributed by atoms with van der Waals surface area (Å²) < 4.78 is 24.6. The van der Waals surface area contributed by atoms with E-state index in [1.165, 1.54) is 12.5 Å². The van der Waals surface area contributed by atoms with Crippen molar-refractivity contribution in [2.75, 3.05) is 12.8 Å². The fraction of sp³-hybridized carbons (Fsp3) is 0.769. The molecule has 1 unspecified atom stereocenters. The van der Waals surface area contributed by atoms with Crippen molar-refractivity contribution in [3.05, 3.63) is 12.4 Å². The van der Waals surface area contributed by atoms with Gasteiger partial charge in [0.1, 0.15) is 4.90 Å². The van der Waals surface area contributed by atoms with Crippen LogP contribution in [0.15, 0.2) is 17.3 Å². The number of hydrogen-bond acceptors (Lipinski definition) is 4. The Morgan fingerprint density at radius 1 is 1.42 bits per heavy atom. The van der Waals surface area contributed by atoms with E-state index >= 15 is 0 Å². The van der Waals surface area contributed by atoms with E-state index < -0.39 is 9.84 Å². The van der Waals surface area contributed by atoms with Gasteiger partial charge in [0.15, 0.2) is 9.84 Å². The van der Waals surface area contributed by atoms with E-state index in [1.807, 2.05) is 0 Å². The van der Waals surface area contributed by atoms with Crippen LogP contribution in [0, 0.1) is 5.41 Å². The Morgan fingerprint density at radius 2 is 2.05 bits per heavy atom. The van der Waals surface area contributed by atoms with Gasteiger partial charge in [-0.1, -0.05) is 27.7 Å². The summed E-state index contributed by atoms with van der Waals surface area (Å²) in [5.41, 5.74) is 0.132. The van der Waals surface area contributed by atoms with Crippen molar-refractivity contribution in [2.45, 2.75) is 51.6 Å². The second-order valence-corrected chi connectivity index (χ2v) is 7.64. The third-order valence-corrected chi connectivity index (χ3v) is 4.78. The molecule has 0 amide bonds. The van der Waals surface area contributed by atoms with Crippen LogP contribution in [0.3, 0.4) is 0 Å². The first-order valence-electron chi connectivity index (χ1n) is 6.66.